The molecule has 1 aliphatic heterocycles. The molecule has 1 aromatic carbocycles. The lowest BCUT2D eigenvalue weighted by Crippen LogP contribution is -2.28. The van der Waals surface area contributed by atoms with Crippen LogP contribution in [0, 0.1) is 0 Å². The van der Waals surface area contributed by atoms with Crippen LogP contribution in [-0.4, -0.2) is 40.3 Å². The SMILES string of the molecule is COc1ccccc1Nc1nccc(-c2cnc3c(c2)C(C)(CO)CN3)n1. The van der Waals surface area contributed by atoms with E-state index in [0.717, 1.165) is 34.1 Å². The second-order valence-corrected chi connectivity index (χ2v) is 6.78. The van der Waals surface area contributed by atoms with Crippen molar-refractivity contribution >= 4 is 17.5 Å². The number of fused-ring (bicyclic) bond motifs is 1. The third-order valence-electron chi connectivity index (χ3n) is 4.84. The Morgan fingerprint density at radius 1 is 1.26 bits per heavy atom. The Morgan fingerprint density at radius 2 is 2.11 bits per heavy atom. The Balaban J connectivity index is 1.67. The molecule has 138 valence electrons. The van der Waals surface area contributed by atoms with Gasteiger partial charge in [-0.3, -0.25) is 0 Å². The van der Waals surface area contributed by atoms with Crippen LogP contribution in [0.5, 0.6) is 5.75 Å². The Kier molecular flexibility index (Phi) is 4.37. The summed E-state index contributed by atoms with van der Waals surface area (Å²) in [6, 6.07) is 11.5. The summed E-state index contributed by atoms with van der Waals surface area (Å²) in [6.45, 7) is 2.74. The summed E-state index contributed by atoms with van der Waals surface area (Å²) in [5.41, 5.74) is 3.08. The molecule has 0 spiro atoms. The molecule has 0 amide bonds. The molecule has 0 fully saturated rings. The topological polar surface area (TPSA) is 92.2 Å². The highest BCUT2D eigenvalue weighted by atomic mass is 16.5. The van der Waals surface area contributed by atoms with Crippen molar-refractivity contribution in [1.29, 1.82) is 0 Å². The van der Waals surface area contributed by atoms with E-state index in [1.54, 1.807) is 19.5 Å². The van der Waals surface area contributed by atoms with Crippen LogP contribution in [0.3, 0.4) is 0 Å². The minimum atomic E-state index is -0.343. The van der Waals surface area contributed by atoms with Gasteiger partial charge in [-0.25, -0.2) is 15.0 Å². The molecule has 0 aliphatic carbocycles. The molecule has 1 unspecified atom stereocenters. The smallest absolute Gasteiger partial charge is 0.227 e. The lowest BCUT2D eigenvalue weighted by molar-refractivity contribution is 0.218. The van der Waals surface area contributed by atoms with Gasteiger partial charge in [0.1, 0.15) is 11.6 Å². The standard InChI is InChI=1S/C20H21N5O2/c1-20(12-26)11-23-18-14(20)9-13(10-22-18)15-7-8-21-19(24-15)25-16-5-3-4-6-17(16)27-2/h3-10,26H,11-12H2,1-2H3,(H,22,23)(H,21,24,25). The van der Waals surface area contributed by atoms with E-state index >= 15 is 0 Å². The van der Waals surface area contributed by atoms with Gasteiger partial charge >= 0.3 is 0 Å². The van der Waals surface area contributed by atoms with E-state index in [-0.39, 0.29) is 12.0 Å². The van der Waals surface area contributed by atoms with Crippen LogP contribution in [0.2, 0.25) is 0 Å². The fourth-order valence-corrected chi connectivity index (χ4v) is 3.17. The average Bonchev–Trinajstić information content (AvgIpc) is 3.05. The number of aromatic nitrogens is 3. The molecule has 0 bridgehead atoms. The number of hydrogen-bond acceptors (Lipinski definition) is 7. The van der Waals surface area contributed by atoms with Crippen LogP contribution in [0.15, 0.2) is 48.8 Å². The predicted molar refractivity (Wildman–Crippen MR) is 104 cm³/mol. The average molecular weight is 363 g/mol. The molecule has 1 atom stereocenters. The fraction of sp³-hybridized carbons (Fsp3) is 0.250. The van der Waals surface area contributed by atoms with Crippen molar-refractivity contribution in [3.8, 4) is 17.0 Å². The Hall–Kier alpha value is -3.19. The number of methoxy groups -OCH3 is 1. The number of nitrogens with one attached hydrogen (secondary N) is 2. The van der Waals surface area contributed by atoms with Crippen LogP contribution < -0.4 is 15.4 Å². The summed E-state index contributed by atoms with van der Waals surface area (Å²) in [5, 5.41) is 16.2. The van der Waals surface area contributed by atoms with E-state index in [1.165, 1.54) is 0 Å². The predicted octanol–water partition coefficient (Wildman–Crippen LogP) is 2.97. The van der Waals surface area contributed by atoms with Crippen molar-refractivity contribution < 1.29 is 9.84 Å². The molecule has 7 nitrogen and oxygen atoms in total. The number of aliphatic hydroxyl groups excluding tert-OH is 1. The first-order valence-corrected chi connectivity index (χ1v) is 8.72. The summed E-state index contributed by atoms with van der Waals surface area (Å²) < 4.78 is 5.36. The van der Waals surface area contributed by atoms with E-state index in [1.807, 2.05) is 43.3 Å². The van der Waals surface area contributed by atoms with E-state index in [4.69, 9.17) is 4.74 Å². The Labute approximate surface area is 157 Å². The van der Waals surface area contributed by atoms with Crippen LogP contribution in [0.1, 0.15) is 12.5 Å². The van der Waals surface area contributed by atoms with E-state index in [2.05, 4.69) is 25.6 Å². The lowest BCUT2D eigenvalue weighted by Gasteiger charge is -2.20. The fourth-order valence-electron chi connectivity index (χ4n) is 3.17. The van der Waals surface area contributed by atoms with E-state index in [0.29, 0.717) is 12.5 Å². The van der Waals surface area contributed by atoms with Crippen molar-refractivity contribution in [2.75, 3.05) is 30.9 Å². The zero-order valence-corrected chi connectivity index (χ0v) is 15.2. The van der Waals surface area contributed by atoms with Gasteiger partial charge in [0.25, 0.3) is 0 Å². The van der Waals surface area contributed by atoms with Crippen LogP contribution in [0.25, 0.3) is 11.3 Å². The molecule has 7 heteroatoms. The Bertz CT molecular complexity index is 978. The highest BCUT2D eigenvalue weighted by Crippen LogP contribution is 2.37. The summed E-state index contributed by atoms with van der Waals surface area (Å²) in [4.78, 5) is 13.4. The molecule has 3 aromatic rings. The van der Waals surface area contributed by atoms with Crippen LogP contribution in [-0.2, 0) is 5.41 Å². The maximum absolute atomic E-state index is 9.78. The monoisotopic (exact) mass is 363 g/mol. The van der Waals surface area contributed by atoms with Gasteiger partial charge in [0, 0.05) is 35.5 Å². The second-order valence-electron chi connectivity index (χ2n) is 6.78. The normalized spacial score (nSPS) is 17.9. The molecule has 1 aliphatic rings. The third kappa shape index (κ3) is 3.17. The van der Waals surface area contributed by atoms with Gasteiger partial charge in [-0.15, -0.1) is 0 Å². The highest BCUT2D eigenvalue weighted by Gasteiger charge is 2.35. The molecule has 3 heterocycles. The van der Waals surface area contributed by atoms with E-state index in [9.17, 15) is 5.11 Å². The number of nitrogens with zero attached hydrogens (tertiary/aromatic N) is 3. The number of rotatable bonds is 5. The molecule has 4 rings (SSSR count). The van der Waals surface area contributed by atoms with Crippen molar-refractivity contribution in [2.24, 2.45) is 0 Å². The van der Waals surface area contributed by atoms with Gasteiger partial charge in [0.2, 0.25) is 5.95 Å². The van der Waals surface area contributed by atoms with Crippen molar-refractivity contribution in [3.05, 3.63) is 54.4 Å². The van der Waals surface area contributed by atoms with Gasteiger partial charge in [0.05, 0.1) is 25.1 Å². The summed E-state index contributed by atoms with van der Waals surface area (Å²) in [6.07, 6.45) is 3.49. The molecular formula is C20H21N5O2. The van der Waals surface area contributed by atoms with Crippen molar-refractivity contribution in [3.63, 3.8) is 0 Å². The highest BCUT2D eigenvalue weighted by molar-refractivity contribution is 5.68. The zero-order valence-electron chi connectivity index (χ0n) is 15.2. The first-order valence-electron chi connectivity index (χ1n) is 8.72. The number of benzene rings is 1. The number of aliphatic hydroxyl groups is 1. The number of pyridine rings is 1. The van der Waals surface area contributed by atoms with Crippen LogP contribution in [0.4, 0.5) is 17.5 Å². The van der Waals surface area contributed by atoms with E-state index < -0.39 is 0 Å². The molecular weight excluding hydrogens is 342 g/mol. The Morgan fingerprint density at radius 3 is 2.93 bits per heavy atom. The maximum atomic E-state index is 9.78. The van der Waals surface area contributed by atoms with Gasteiger partial charge in [0.15, 0.2) is 0 Å². The molecule has 0 saturated heterocycles. The summed E-state index contributed by atoms with van der Waals surface area (Å²) >= 11 is 0. The van der Waals surface area contributed by atoms with Crippen molar-refractivity contribution in [1.82, 2.24) is 15.0 Å². The number of para-hydroxylation sites is 2. The molecule has 2 aromatic heterocycles. The summed E-state index contributed by atoms with van der Waals surface area (Å²) in [5.74, 6) is 2.01. The quantitative estimate of drug-likeness (QED) is 0.642. The van der Waals surface area contributed by atoms with Gasteiger partial charge in [-0.05, 0) is 24.3 Å². The molecule has 27 heavy (non-hydrogen) atoms. The second kappa shape index (κ2) is 6.85. The van der Waals surface area contributed by atoms with Gasteiger partial charge in [-0.1, -0.05) is 19.1 Å². The number of anilines is 3. The van der Waals surface area contributed by atoms with Crippen LogP contribution >= 0.6 is 0 Å². The first-order chi connectivity index (χ1) is 13.1. The van der Waals surface area contributed by atoms with Gasteiger partial charge < -0.3 is 20.5 Å². The largest absolute Gasteiger partial charge is 0.495 e. The summed E-state index contributed by atoms with van der Waals surface area (Å²) in [7, 11) is 1.63. The van der Waals surface area contributed by atoms with Gasteiger partial charge in [-0.2, -0.15) is 0 Å². The van der Waals surface area contributed by atoms with Crippen molar-refractivity contribution in [2.45, 2.75) is 12.3 Å². The molecule has 3 N–H and O–H groups in total. The number of ether oxygens (including phenoxy) is 1. The first kappa shape index (κ1) is 17.2. The minimum absolute atomic E-state index is 0.0581. The maximum Gasteiger partial charge on any atom is 0.227 e. The minimum Gasteiger partial charge on any atom is -0.495 e. The molecule has 0 saturated carbocycles. The zero-order chi connectivity index (χ0) is 18.9. The molecule has 0 radical (unpaired) electrons. The third-order valence-corrected chi connectivity index (χ3v) is 4.84. The lowest BCUT2D eigenvalue weighted by atomic mass is 9.85. The number of hydrogen-bond donors (Lipinski definition) is 3.